The molecular formula is C15H23BrS. The fourth-order valence-electron chi connectivity index (χ4n) is 3.07. The first-order chi connectivity index (χ1) is 8.24. The molecule has 0 saturated heterocycles. The van der Waals surface area contributed by atoms with Gasteiger partial charge in [-0.3, -0.25) is 0 Å². The monoisotopic (exact) mass is 314 g/mol. The van der Waals surface area contributed by atoms with Crippen LogP contribution < -0.4 is 0 Å². The van der Waals surface area contributed by atoms with E-state index in [-0.39, 0.29) is 0 Å². The molecule has 2 atom stereocenters. The average molecular weight is 315 g/mol. The number of allylic oxidation sites excluding steroid dienone is 3. The van der Waals surface area contributed by atoms with Gasteiger partial charge in [-0.2, -0.15) is 0 Å². The Bertz CT molecular complexity index is 315. The summed E-state index contributed by atoms with van der Waals surface area (Å²) in [5.41, 5.74) is 1.64. The first-order valence-corrected chi connectivity index (χ1v) is 8.76. The Balaban J connectivity index is 2.07. The molecule has 2 aliphatic rings. The van der Waals surface area contributed by atoms with Crippen molar-refractivity contribution in [2.24, 2.45) is 11.8 Å². The molecule has 2 unspecified atom stereocenters. The van der Waals surface area contributed by atoms with E-state index in [1.165, 1.54) is 38.5 Å². The van der Waals surface area contributed by atoms with E-state index in [0.29, 0.717) is 4.16 Å². The lowest BCUT2D eigenvalue weighted by Crippen LogP contribution is -2.15. The van der Waals surface area contributed by atoms with Gasteiger partial charge in [0, 0.05) is 4.91 Å². The maximum absolute atomic E-state index is 3.70. The Morgan fingerprint density at radius 2 is 2.18 bits per heavy atom. The third-order valence-electron chi connectivity index (χ3n) is 4.11. The van der Waals surface area contributed by atoms with Crippen LogP contribution in [0.1, 0.15) is 52.4 Å². The summed E-state index contributed by atoms with van der Waals surface area (Å²) in [6.07, 6.45) is 13.0. The third kappa shape index (κ3) is 3.41. The first kappa shape index (κ1) is 13.7. The smallest absolute Gasteiger partial charge is 0.0682 e. The molecule has 0 spiro atoms. The minimum atomic E-state index is 0.618. The highest BCUT2D eigenvalue weighted by Gasteiger charge is 2.24. The SMILES string of the molecule is CCC(CC)C1C=C(C2=CCC(Br)S2)CCC1. The molecule has 96 valence electrons. The quantitative estimate of drug-likeness (QED) is 0.583. The second-order valence-electron chi connectivity index (χ2n) is 5.16. The van der Waals surface area contributed by atoms with Gasteiger partial charge < -0.3 is 0 Å². The highest BCUT2D eigenvalue weighted by Crippen LogP contribution is 2.44. The highest BCUT2D eigenvalue weighted by molar-refractivity contribution is 9.11. The number of rotatable bonds is 4. The second kappa shape index (κ2) is 6.47. The van der Waals surface area contributed by atoms with E-state index in [4.69, 9.17) is 0 Å². The van der Waals surface area contributed by atoms with Crippen LogP contribution in [0.5, 0.6) is 0 Å². The molecule has 0 N–H and O–H groups in total. The number of hydrogen-bond donors (Lipinski definition) is 0. The van der Waals surface area contributed by atoms with Crippen LogP contribution >= 0.6 is 27.7 Å². The summed E-state index contributed by atoms with van der Waals surface area (Å²) >= 11 is 5.71. The molecule has 0 saturated carbocycles. The van der Waals surface area contributed by atoms with Crippen LogP contribution in [-0.2, 0) is 0 Å². The molecule has 0 radical (unpaired) electrons. The van der Waals surface area contributed by atoms with E-state index < -0.39 is 0 Å². The summed E-state index contributed by atoms with van der Waals surface area (Å²) in [4.78, 5) is 1.56. The van der Waals surface area contributed by atoms with E-state index in [2.05, 4.69) is 41.9 Å². The van der Waals surface area contributed by atoms with Crippen molar-refractivity contribution in [1.29, 1.82) is 0 Å². The average Bonchev–Trinajstić information content (AvgIpc) is 2.78. The zero-order chi connectivity index (χ0) is 12.3. The van der Waals surface area contributed by atoms with Crippen molar-refractivity contribution in [3.05, 3.63) is 22.6 Å². The summed E-state index contributed by atoms with van der Waals surface area (Å²) in [5.74, 6) is 1.74. The molecule has 0 nitrogen and oxygen atoms in total. The lowest BCUT2D eigenvalue weighted by Gasteiger charge is -2.28. The number of halogens is 1. The van der Waals surface area contributed by atoms with Crippen molar-refractivity contribution < 1.29 is 0 Å². The molecule has 0 amide bonds. The summed E-state index contributed by atoms with van der Waals surface area (Å²) < 4.78 is 0.618. The molecule has 0 bridgehead atoms. The number of alkyl halides is 1. The van der Waals surface area contributed by atoms with Crippen LogP contribution in [0.3, 0.4) is 0 Å². The summed E-state index contributed by atoms with van der Waals surface area (Å²) in [6.45, 7) is 4.68. The van der Waals surface area contributed by atoms with Crippen LogP contribution in [0.25, 0.3) is 0 Å². The van der Waals surface area contributed by atoms with Crippen molar-refractivity contribution >= 4 is 27.7 Å². The molecular weight excluding hydrogens is 292 g/mol. The maximum atomic E-state index is 3.70. The highest BCUT2D eigenvalue weighted by atomic mass is 79.9. The van der Waals surface area contributed by atoms with Crippen molar-refractivity contribution in [1.82, 2.24) is 0 Å². The summed E-state index contributed by atoms with van der Waals surface area (Å²) in [6, 6.07) is 0. The van der Waals surface area contributed by atoms with Crippen molar-refractivity contribution in [2.75, 3.05) is 0 Å². The Labute approximate surface area is 118 Å². The molecule has 1 aliphatic heterocycles. The lowest BCUT2D eigenvalue weighted by atomic mass is 9.79. The third-order valence-corrected chi connectivity index (χ3v) is 6.18. The molecule has 1 aliphatic carbocycles. The Morgan fingerprint density at radius 1 is 1.41 bits per heavy atom. The molecule has 0 aromatic rings. The van der Waals surface area contributed by atoms with Crippen molar-refractivity contribution in [3.8, 4) is 0 Å². The van der Waals surface area contributed by atoms with Gasteiger partial charge in [-0.15, -0.1) is 11.8 Å². The standard InChI is InChI=1S/C15H23BrS/c1-3-11(4-2)12-6-5-7-13(10-12)14-8-9-15(16)17-14/h8,10-12,15H,3-7,9H2,1-2H3. The molecule has 0 fully saturated rings. The number of thioether (sulfide) groups is 1. The second-order valence-corrected chi connectivity index (χ2v) is 8.11. The van der Waals surface area contributed by atoms with Gasteiger partial charge in [0.15, 0.2) is 0 Å². The first-order valence-electron chi connectivity index (χ1n) is 6.96. The van der Waals surface area contributed by atoms with Gasteiger partial charge >= 0.3 is 0 Å². The fraction of sp³-hybridized carbons (Fsp3) is 0.733. The van der Waals surface area contributed by atoms with Gasteiger partial charge in [-0.25, -0.2) is 0 Å². The molecule has 2 heteroatoms. The molecule has 1 heterocycles. The van der Waals surface area contributed by atoms with Gasteiger partial charge in [0.05, 0.1) is 4.16 Å². The zero-order valence-electron chi connectivity index (χ0n) is 10.9. The van der Waals surface area contributed by atoms with Gasteiger partial charge in [-0.1, -0.05) is 54.8 Å². The number of hydrogen-bond acceptors (Lipinski definition) is 1. The normalized spacial score (nSPS) is 29.4. The Hall–Kier alpha value is 0.310. The van der Waals surface area contributed by atoms with Crippen LogP contribution in [-0.4, -0.2) is 4.16 Å². The van der Waals surface area contributed by atoms with Crippen LogP contribution in [0.15, 0.2) is 22.6 Å². The zero-order valence-corrected chi connectivity index (χ0v) is 13.3. The van der Waals surface area contributed by atoms with Crippen molar-refractivity contribution in [2.45, 2.75) is 56.5 Å². The van der Waals surface area contributed by atoms with E-state index in [1.54, 1.807) is 10.5 Å². The summed E-state index contributed by atoms with van der Waals surface area (Å²) in [5, 5.41) is 0. The Kier molecular flexibility index (Phi) is 5.23. The van der Waals surface area contributed by atoms with Crippen LogP contribution in [0, 0.1) is 11.8 Å². The van der Waals surface area contributed by atoms with E-state index >= 15 is 0 Å². The topological polar surface area (TPSA) is 0 Å². The Morgan fingerprint density at radius 3 is 2.76 bits per heavy atom. The minimum absolute atomic E-state index is 0.618. The van der Waals surface area contributed by atoms with Crippen molar-refractivity contribution in [3.63, 3.8) is 0 Å². The summed E-state index contributed by atoms with van der Waals surface area (Å²) in [7, 11) is 0. The van der Waals surface area contributed by atoms with Gasteiger partial charge in [0.2, 0.25) is 0 Å². The molecule has 0 aromatic heterocycles. The van der Waals surface area contributed by atoms with Crippen LogP contribution in [0.2, 0.25) is 0 Å². The van der Waals surface area contributed by atoms with Gasteiger partial charge in [0.25, 0.3) is 0 Å². The predicted molar refractivity (Wildman–Crippen MR) is 82.5 cm³/mol. The predicted octanol–water partition coefficient (Wildman–Crippen LogP) is 5.89. The lowest BCUT2D eigenvalue weighted by molar-refractivity contribution is 0.335. The van der Waals surface area contributed by atoms with E-state index in [0.717, 1.165) is 11.8 Å². The largest absolute Gasteiger partial charge is 0.111 e. The fourth-order valence-corrected chi connectivity index (χ4v) is 4.84. The maximum Gasteiger partial charge on any atom is 0.0682 e. The molecule has 0 aromatic carbocycles. The molecule has 17 heavy (non-hydrogen) atoms. The van der Waals surface area contributed by atoms with Gasteiger partial charge in [-0.05, 0) is 43.1 Å². The minimum Gasteiger partial charge on any atom is -0.111 e. The van der Waals surface area contributed by atoms with Crippen LogP contribution in [0.4, 0.5) is 0 Å². The van der Waals surface area contributed by atoms with E-state index in [1.807, 2.05) is 11.8 Å². The molecule has 2 rings (SSSR count). The van der Waals surface area contributed by atoms with Gasteiger partial charge in [0.1, 0.15) is 0 Å². The van der Waals surface area contributed by atoms with E-state index in [9.17, 15) is 0 Å².